The average molecular weight is 436 g/mol. The van der Waals surface area contributed by atoms with Gasteiger partial charge in [-0.05, 0) is 24.2 Å². The summed E-state index contributed by atoms with van der Waals surface area (Å²) >= 11 is 0. The van der Waals surface area contributed by atoms with Crippen LogP contribution in [0.5, 0.6) is 0 Å². The number of carboxylic acids is 2. The molecule has 13 heteroatoms. The van der Waals surface area contributed by atoms with Gasteiger partial charge in [-0.1, -0.05) is 0 Å². The predicted molar refractivity (Wildman–Crippen MR) is 91.5 cm³/mol. The number of anilines is 1. The number of halogens is 5. The molecule has 2 saturated carbocycles. The lowest BCUT2D eigenvalue weighted by atomic mass is 9.50. The summed E-state index contributed by atoms with van der Waals surface area (Å²) in [6, 6.07) is 1.41. The van der Waals surface area contributed by atoms with Crippen molar-refractivity contribution in [1.82, 2.24) is 14.4 Å². The zero-order valence-corrected chi connectivity index (χ0v) is 15.3. The largest absolute Gasteiger partial charge is 0.490 e. The molecule has 8 nitrogen and oxygen atoms in total. The average Bonchev–Trinajstić information content (AvgIpc) is 3.03. The van der Waals surface area contributed by atoms with Gasteiger partial charge in [0.15, 0.2) is 5.69 Å². The Kier molecular flexibility index (Phi) is 5.33. The number of aromatic nitrogens is 3. The van der Waals surface area contributed by atoms with E-state index in [1.54, 1.807) is 16.8 Å². The summed E-state index contributed by atoms with van der Waals surface area (Å²) in [6.07, 6.45) is -0.208. The Labute approximate surface area is 165 Å². The van der Waals surface area contributed by atoms with Gasteiger partial charge in [-0.15, -0.1) is 0 Å². The van der Waals surface area contributed by atoms with Crippen molar-refractivity contribution in [2.24, 2.45) is 11.3 Å². The van der Waals surface area contributed by atoms with Crippen molar-refractivity contribution < 1.29 is 41.8 Å². The Balaban J connectivity index is 0.000000318. The monoisotopic (exact) mass is 436 g/mol. The van der Waals surface area contributed by atoms with Gasteiger partial charge in [0.05, 0.1) is 0 Å². The highest BCUT2D eigenvalue weighted by molar-refractivity contribution is 5.87. The van der Waals surface area contributed by atoms with Gasteiger partial charge < -0.3 is 15.5 Å². The topological polar surface area (TPSA) is 117 Å². The molecule has 0 aliphatic heterocycles. The number of carboxylic acid groups (broad SMARTS) is 2. The Morgan fingerprint density at radius 1 is 1.23 bits per heavy atom. The van der Waals surface area contributed by atoms with Crippen LogP contribution in [-0.4, -0.2) is 55.2 Å². The Morgan fingerprint density at radius 2 is 1.83 bits per heavy atom. The van der Waals surface area contributed by atoms with Crippen LogP contribution in [0.2, 0.25) is 0 Å². The van der Waals surface area contributed by atoms with E-state index in [0.717, 1.165) is 12.8 Å². The number of hydrogen-bond donors (Lipinski definition) is 3. The molecule has 0 amide bonds. The van der Waals surface area contributed by atoms with Crippen LogP contribution < -0.4 is 5.32 Å². The second-order valence-electron chi connectivity index (χ2n) is 7.59. The standard InChI is InChI=1S/C15H16F2N4O2.C2HF3O2/c16-15(17)7-14(8-15)4-9(5-14)6-19-13-20-10(12(22)23)3-11-18-1-2-21(11)13;3-2(4,5)1(6)7/h1-3,9H,4-8H2,(H,19,20)(H,22,23);(H,6,7). The van der Waals surface area contributed by atoms with E-state index in [-0.39, 0.29) is 24.0 Å². The minimum absolute atomic E-state index is 0.00894. The number of alkyl halides is 5. The third-order valence-corrected chi connectivity index (χ3v) is 5.11. The lowest BCUT2D eigenvalue weighted by Gasteiger charge is -2.57. The molecule has 0 saturated heterocycles. The van der Waals surface area contributed by atoms with Crippen LogP contribution in [-0.2, 0) is 4.79 Å². The number of imidazole rings is 1. The van der Waals surface area contributed by atoms with Crippen LogP contribution in [0.15, 0.2) is 18.5 Å². The second-order valence-corrected chi connectivity index (χ2v) is 7.59. The van der Waals surface area contributed by atoms with E-state index in [1.165, 1.54) is 6.07 Å². The highest BCUT2D eigenvalue weighted by Gasteiger charge is 2.61. The van der Waals surface area contributed by atoms with Crippen LogP contribution in [0.1, 0.15) is 36.2 Å². The third-order valence-electron chi connectivity index (χ3n) is 5.11. The van der Waals surface area contributed by atoms with Gasteiger partial charge in [-0.2, -0.15) is 13.2 Å². The summed E-state index contributed by atoms with van der Waals surface area (Å²) in [5, 5.41) is 19.4. The zero-order chi connectivity index (χ0) is 22.3. The zero-order valence-electron chi connectivity index (χ0n) is 15.3. The number of carbonyl (C=O) groups is 2. The van der Waals surface area contributed by atoms with E-state index in [0.29, 0.717) is 24.1 Å². The van der Waals surface area contributed by atoms with Gasteiger partial charge >= 0.3 is 18.1 Å². The fourth-order valence-corrected chi connectivity index (χ4v) is 4.04. The van der Waals surface area contributed by atoms with Gasteiger partial charge in [-0.25, -0.2) is 28.3 Å². The van der Waals surface area contributed by atoms with E-state index < -0.39 is 24.0 Å². The molecule has 0 radical (unpaired) electrons. The summed E-state index contributed by atoms with van der Waals surface area (Å²) in [5.41, 5.74) is 0.273. The maximum Gasteiger partial charge on any atom is 0.490 e. The molecule has 164 valence electrons. The first-order valence-electron chi connectivity index (χ1n) is 8.80. The minimum atomic E-state index is -5.08. The van der Waals surface area contributed by atoms with Gasteiger partial charge in [0.1, 0.15) is 5.65 Å². The highest BCUT2D eigenvalue weighted by atomic mass is 19.4. The molecule has 2 aromatic rings. The first kappa shape index (κ1) is 21.7. The van der Waals surface area contributed by atoms with Crippen LogP contribution in [0.3, 0.4) is 0 Å². The second kappa shape index (κ2) is 7.36. The highest BCUT2D eigenvalue weighted by Crippen LogP contribution is 2.64. The molecule has 2 aromatic heterocycles. The van der Waals surface area contributed by atoms with Crippen molar-refractivity contribution in [2.45, 2.75) is 37.8 Å². The van der Waals surface area contributed by atoms with Gasteiger partial charge in [0.25, 0.3) is 0 Å². The number of nitrogens with zero attached hydrogens (tertiary/aromatic N) is 3. The first-order valence-corrected chi connectivity index (χ1v) is 8.80. The maximum absolute atomic E-state index is 13.0. The normalized spacial score (nSPS) is 19.4. The van der Waals surface area contributed by atoms with Crippen molar-refractivity contribution >= 4 is 23.5 Å². The molecular formula is C17H17F5N4O4. The van der Waals surface area contributed by atoms with Crippen molar-refractivity contribution in [1.29, 1.82) is 0 Å². The van der Waals surface area contributed by atoms with Crippen molar-refractivity contribution in [3.8, 4) is 0 Å². The quantitative estimate of drug-likeness (QED) is 0.630. The lowest BCUT2D eigenvalue weighted by Crippen LogP contribution is -2.54. The maximum atomic E-state index is 13.0. The predicted octanol–water partition coefficient (Wildman–Crippen LogP) is 3.30. The number of fused-ring (bicyclic) bond motifs is 1. The summed E-state index contributed by atoms with van der Waals surface area (Å²) in [6.45, 7) is 0.594. The molecule has 4 rings (SSSR count). The van der Waals surface area contributed by atoms with E-state index in [2.05, 4.69) is 15.3 Å². The number of hydrogen-bond acceptors (Lipinski definition) is 5. The Bertz CT molecular complexity index is 959. The molecule has 0 unspecified atom stereocenters. The van der Waals surface area contributed by atoms with Crippen LogP contribution >= 0.6 is 0 Å². The molecule has 2 heterocycles. The molecule has 0 atom stereocenters. The minimum Gasteiger partial charge on any atom is -0.477 e. The number of aromatic carboxylic acids is 1. The van der Waals surface area contributed by atoms with E-state index in [4.69, 9.17) is 15.0 Å². The summed E-state index contributed by atoms with van der Waals surface area (Å²) < 4.78 is 59.4. The molecule has 0 aromatic carbocycles. The summed E-state index contributed by atoms with van der Waals surface area (Å²) in [7, 11) is 0. The molecule has 0 bridgehead atoms. The fourth-order valence-electron chi connectivity index (χ4n) is 4.04. The van der Waals surface area contributed by atoms with Gasteiger partial charge in [0, 0.05) is 37.8 Å². The molecule has 1 spiro atoms. The first-order chi connectivity index (χ1) is 13.8. The summed E-state index contributed by atoms with van der Waals surface area (Å²) in [4.78, 5) is 28.2. The molecule has 30 heavy (non-hydrogen) atoms. The SMILES string of the molecule is O=C(O)C(F)(F)F.O=C(O)c1cc2nccn2c(NCC2CC3(C2)CC(F)(F)C3)n1. The van der Waals surface area contributed by atoms with Crippen LogP contribution in [0.4, 0.5) is 27.9 Å². The third kappa shape index (κ3) is 4.60. The Hall–Kier alpha value is -2.99. The van der Waals surface area contributed by atoms with Crippen molar-refractivity contribution in [3.05, 3.63) is 24.2 Å². The lowest BCUT2D eigenvalue weighted by molar-refractivity contribution is -0.204. The van der Waals surface area contributed by atoms with Gasteiger partial charge in [0.2, 0.25) is 11.9 Å². The Morgan fingerprint density at radius 3 is 2.33 bits per heavy atom. The number of rotatable bonds is 4. The fraction of sp³-hybridized carbons (Fsp3) is 0.529. The van der Waals surface area contributed by atoms with Crippen LogP contribution in [0.25, 0.3) is 5.65 Å². The molecular weight excluding hydrogens is 419 g/mol. The van der Waals surface area contributed by atoms with E-state index >= 15 is 0 Å². The molecule has 2 aliphatic rings. The number of nitrogens with one attached hydrogen (secondary N) is 1. The molecule has 3 N–H and O–H groups in total. The molecule has 2 aliphatic carbocycles. The van der Waals surface area contributed by atoms with Crippen LogP contribution in [0, 0.1) is 11.3 Å². The van der Waals surface area contributed by atoms with Crippen molar-refractivity contribution in [2.75, 3.05) is 11.9 Å². The molecule has 2 fully saturated rings. The number of aliphatic carboxylic acids is 1. The smallest absolute Gasteiger partial charge is 0.477 e. The van der Waals surface area contributed by atoms with E-state index in [9.17, 15) is 26.7 Å². The van der Waals surface area contributed by atoms with Gasteiger partial charge in [-0.3, -0.25) is 4.40 Å². The van der Waals surface area contributed by atoms with Crippen molar-refractivity contribution in [3.63, 3.8) is 0 Å². The van der Waals surface area contributed by atoms with E-state index in [1.807, 2.05) is 0 Å². The summed E-state index contributed by atoms with van der Waals surface area (Å²) in [5.74, 6) is -5.61.